The third kappa shape index (κ3) is 3.78. The molecule has 0 spiro atoms. The number of likely N-dealkylation sites (N-methyl/N-ethyl adjacent to an activating group) is 1. The lowest BCUT2D eigenvalue weighted by Gasteiger charge is -2.16. The molecule has 1 aromatic carbocycles. The Labute approximate surface area is 120 Å². The van der Waals surface area contributed by atoms with Crippen LogP contribution in [0.5, 0.6) is 5.75 Å². The number of primary amides is 1. The number of carbonyl (C=O) groups excluding carboxylic acids is 2. The summed E-state index contributed by atoms with van der Waals surface area (Å²) in [7, 11) is 1.62. The Morgan fingerprint density at radius 1 is 1.38 bits per heavy atom. The van der Waals surface area contributed by atoms with Crippen molar-refractivity contribution in [1.29, 1.82) is 0 Å². The highest BCUT2D eigenvalue weighted by molar-refractivity contribution is 5.95. The van der Waals surface area contributed by atoms with Crippen molar-refractivity contribution in [3.8, 4) is 5.75 Å². The van der Waals surface area contributed by atoms with Crippen LogP contribution in [0, 0.1) is 0 Å². The Morgan fingerprint density at radius 3 is 2.81 bits per heavy atom. The zero-order chi connectivity index (χ0) is 15.2. The summed E-state index contributed by atoms with van der Waals surface area (Å²) < 4.78 is 5.36. The second-order valence-corrected chi connectivity index (χ2v) is 4.33. The monoisotopic (exact) mass is 289 g/mol. The second-order valence-electron chi connectivity index (χ2n) is 4.33. The first kappa shape index (κ1) is 14.5. The Morgan fingerprint density at radius 2 is 2.14 bits per heavy atom. The number of aromatic nitrogens is 3. The average Bonchev–Trinajstić information content (AvgIpc) is 2.97. The van der Waals surface area contributed by atoms with Gasteiger partial charge in [-0.25, -0.2) is 4.98 Å². The minimum absolute atomic E-state index is 0.199. The summed E-state index contributed by atoms with van der Waals surface area (Å²) in [6.45, 7) is 0.0919. The van der Waals surface area contributed by atoms with Gasteiger partial charge in [0.1, 0.15) is 17.9 Å². The molecule has 2 amide bonds. The molecule has 0 aliphatic rings. The van der Waals surface area contributed by atoms with E-state index in [1.165, 1.54) is 11.2 Å². The van der Waals surface area contributed by atoms with Crippen LogP contribution in [0.15, 0.2) is 30.6 Å². The molecular weight excluding hydrogens is 274 g/mol. The topological polar surface area (TPSA) is 114 Å². The Kier molecular flexibility index (Phi) is 4.50. The minimum atomic E-state index is -0.604. The zero-order valence-corrected chi connectivity index (χ0v) is 11.4. The van der Waals surface area contributed by atoms with Gasteiger partial charge < -0.3 is 15.4 Å². The molecule has 0 radical (unpaired) electrons. The summed E-state index contributed by atoms with van der Waals surface area (Å²) in [5.41, 5.74) is 5.48. The molecule has 2 aromatic rings. The lowest BCUT2D eigenvalue weighted by Crippen LogP contribution is -2.31. The van der Waals surface area contributed by atoms with E-state index in [4.69, 9.17) is 10.5 Å². The van der Waals surface area contributed by atoms with Gasteiger partial charge in [0.25, 0.3) is 11.8 Å². The Hall–Kier alpha value is -2.90. The predicted molar refractivity (Wildman–Crippen MR) is 73.3 cm³/mol. The van der Waals surface area contributed by atoms with Gasteiger partial charge in [-0.3, -0.25) is 14.7 Å². The van der Waals surface area contributed by atoms with Gasteiger partial charge in [-0.1, -0.05) is 12.1 Å². The summed E-state index contributed by atoms with van der Waals surface area (Å²) >= 11 is 0. The molecule has 21 heavy (non-hydrogen) atoms. The van der Waals surface area contributed by atoms with E-state index in [0.717, 1.165) is 0 Å². The molecule has 2 rings (SSSR count). The van der Waals surface area contributed by atoms with Gasteiger partial charge in [-0.15, -0.1) is 0 Å². The molecule has 0 unspecified atom stereocenters. The van der Waals surface area contributed by atoms with Crippen molar-refractivity contribution < 1.29 is 14.3 Å². The number of hydrogen-bond acceptors (Lipinski definition) is 5. The summed E-state index contributed by atoms with van der Waals surface area (Å²) in [5.74, 6) is -0.00598. The van der Waals surface area contributed by atoms with Crippen LogP contribution in [-0.4, -0.2) is 45.6 Å². The molecule has 3 N–H and O–H groups in total. The maximum absolute atomic E-state index is 11.9. The van der Waals surface area contributed by atoms with Crippen molar-refractivity contribution in [2.75, 3.05) is 13.7 Å². The highest BCUT2D eigenvalue weighted by atomic mass is 16.5. The fourth-order valence-electron chi connectivity index (χ4n) is 1.67. The largest absolute Gasteiger partial charge is 0.483 e. The van der Waals surface area contributed by atoms with E-state index in [1.807, 2.05) is 0 Å². The molecule has 110 valence electrons. The normalized spacial score (nSPS) is 10.1. The van der Waals surface area contributed by atoms with Crippen molar-refractivity contribution in [2.45, 2.75) is 6.54 Å². The van der Waals surface area contributed by atoms with Crippen LogP contribution in [0.25, 0.3) is 0 Å². The number of benzene rings is 1. The third-order valence-corrected chi connectivity index (χ3v) is 2.78. The second kappa shape index (κ2) is 6.51. The van der Waals surface area contributed by atoms with Gasteiger partial charge in [0, 0.05) is 7.05 Å². The number of H-pyrrole nitrogens is 1. The summed E-state index contributed by atoms with van der Waals surface area (Å²) in [6, 6.07) is 6.50. The molecular formula is C13H15N5O3. The number of amides is 2. The number of rotatable bonds is 6. The van der Waals surface area contributed by atoms with E-state index in [9.17, 15) is 9.59 Å². The maximum atomic E-state index is 11.9. The van der Waals surface area contributed by atoms with E-state index in [1.54, 1.807) is 31.3 Å². The van der Waals surface area contributed by atoms with Crippen molar-refractivity contribution in [3.05, 3.63) is 42.0 Å². The molecule has 8 nitrogen and oxygen atoms in total. The number of aromatic amines is 1. The summed E-state index contributed by atoms with van der Waals surface area (Å²) in [4.78, 5) is 28.6. The van der Waals surface area contributed by atoms with E-state index < -0.39 is 5.91 Å². The van der Waals surface area contributed by atoms with Gasteiger partial charge in [0.05, 0.1) is 12.1 Å². The third-order valence-electron chi connectivity index (χ3n) is 2.78. The molecule has 0 aliphatic carbocycles. The van der Waals surface area contributed by atoms with Crippen molar-refractivity contribution >= 4 is 11.8 Å². The van der Waals surface area contributed by atoms with Crippen LogP contribution < -0.4 is 10.5 Å². The van der Waals surface area contributed by atoms with Crippen LogP contribution in [-0.2, 0) is 11.3 Å². The van der Waals surface area contributed by atoms with Crippen molar-refractivity contribution in [1.82, 2.24) is 20.1 Å². The molecule has 8 heteroatoms. The predicted octanol–water partition coefficient (Wildman–Crippen LogP) is -0.0590. The van der Waals surface area contributed by atoms with Crippen molar-refractivity contribution in [3.63, 3.8) is 0 Å². The molecule has 1 aromatic heterocycles. The molecule has 1 heterocycles. The number of carbonyl (C=O) groups is 2. The van der Waals surface area contributed by atoms with Gasteiger partial charge in [0.15, 0.2) is 6.61 Å². The van der Waals surface area contributed by atoms with E-state index in [2.05, 4.69) is 15.2 Å². The maximum Gasteiger partial charge on any atom is 0.260 e. The van der Waals surface area contributed by atoms with Crippen LogP contribution in [0.4, 0.5) is 0 Å². The first-order valence-electron chi connectivity index (χ1n) is 6.17. The molecule has 0 fully saturated rings. The Balaban J connectivity index is 1.93. The number of nitrogens with one attached hydrogen (secondary N) is 1. The molecule has 0 saturated heterocycles. The first-order chi connectivity index (χ1) is 10.1. The fraction of sp³-hybridized carbons (Fsp3) is 0.231. The van der Waals surface area contributed by atoms with E-state index >= 15 is 0 Å². The quantitative estimate of drug-likeness (QED) is 0.773. The van der Waals surface area contributed by atoms with Crippen LogP contribution >= 0.6 is 0 Å². The summed E-state index contributed by atoms with van der Waals surface area (Å²) in [6.07, 6.45) is 1.37. The van der Waals surface area contributed by atoms with Crippen LogP contribution in [0.2, 0.25) is 0 Å². The van der Waals surface area contributed by atoms with Crippen molar-refractivity contribution in [2.24, 2.45) is 5.73 Å². The lowest BCUT2D eigenvalue weighted by atomic mass is 10.2. The first-order valence-corrected chi connectivity index (χ1v) is 6.17. The molecule has 0 atom stereocenters. The number of ether oxygens (including phenoxy) is 1. The molecule has 0 saturated carbocycles. The van der Waals surface area contributed by atoms with Crippen LogP contribution in [0.3, 0.4) is 0 Å². The highest BCUT2D eigenvalue weighted by Crippen LogP contribution is 2.17. The Bertz CT molecular complexity index is 626. The molecule has 0 bridgehead atoms. The van der Waals surface area contributed by atoms with Crippen LogP contribution in [0.1, 0.15) is 16.2 Å². The number of para-hydroxylation sites is 1. The minimum Gasteiger partial charge on any atom is -0.483 e. The van der Waals surface area contributed by atoms with Gasteiger partial charge >= 0.3 is 0 Å². The van der Waals surface area contributed by atoms with E-state index in [-0.39, 0.29) is 23.8 Å². The SMILES string of the molecule is CN(Cc1ncn[nH]1)C(=O)COc1ccccc1C(N)=O. The zero-order valence-electron chi connectivity index (χ0n) is 11.4. The highest BCUT2D eigenvalue weighted by Gasteiger charge is 2.14. The summed E-state index contributed by atoms with van der Waals surface area (Å²) in [5, 5.41) is 6.37. The van der Waals surface area contributed by atoms with Gasteiger partial charge in [0.2, 0.25) is 0 Å². The number of hydrogen-bond donors (Lipinski definition) is 2. The fourth-order valence-corrected chi connectivity index (χ4v) is 1.67. The standard InChI is InChI=1S/C13H15N5O3/c1-18(6-11-15-8-16-17-11)12(19)7-21-10-5-3-2-4-9(10)13(14)20/h2-5,8H,6-7H2,1H3,(H2,14,20)(H,15,16,17). The van der Waals surface area contributed by atoms with E-state index in [0.29, 0.717) is 12.4 Å². The number of nitrogens with zero attached hydrogens (tertiary/aromatic N) is 3. The van der Waals surface area contributed by atoms with Gasteiger partial charge in [-0.2, -0.15) is 5.10 Å². The number of nitrogens with two attached hydrogens (primary N) is 1. The van der Waals surface area contributed by atoms with Gasteiger partial charge in [-0.05, 0) is 12.1 Å². The molecule has 0 aliphatic heterocycles. The average molecular weight is 289 g/mol. The lowest BCUT2D eigenvalue weighted by molar-refractivity contribution is -0.132. The smallest absolute Gasteiger partial charge is 0.260 e.